The van der Waals surface area contributed by atoms with Gasteiger partial charge in [-0.15, -0.1) is 0 Å². The summed E-state index contributed by atoms with van der Waals surface area (Å²) in [5.74, 6) is 0.220. The molecule has 1 unspecified atom stereocenters. The standard InChI is InChI=1S/C13H22BrNO2/c1-12(2,3)9(7-14)8-15-10(16)6-13(4,5)11(15)17/h9H,6-8H2,1-5H3. The maximum absolute atomic E-state index is 12.1. The minimum Gasteiger partial charge on any atom is -0.282 e. The first kappa shape index (κ1) is 14.7. The van der Waals surface area contributed by atoms with Gasteiger partial charge in [-0.25, -0.2) is 0 Å². The maximum Gasteiger partial charge on any atom is 0.235 e. The van der Waals surface area contributed by atoms with Crippen molar-refractivity contribution in [3.05, 3.63) is 0 Å². The average Bonchev–Trinajstić information content (AvgIpc) is 2.32. The van der Waals surface area contributed by atoms with Crippen LogP contribution in [0.5, 0.6) is 0 Å². The summed E-state index contributed by atoms with van der Waals surface area (Å²) < 4.78 is 0. The summed E-state index contributed by atoms with van der Waals surface area (Å²) in [5.41, 5.74) is -0.442. The molecule has 0 saturated carbocycles. The van der Waals surface area contributed by atoms with Gasteiger partial charge in [0.1, 0.15) is 0 Å². The lowest BCUT2D eigenvalue weighted by Gasteiger charge is -2.32. The molecule has 1 saturated heterocycles. The van der Waals surface area contributed by atoms with E-state index in [-0.39, 0.29) is 23.1 Å². The van der Waals surface area contributed by atoms with Crippen molar-refractivity contribution in [1.29, 1.82) is 0 Å². The lowest BCUT2D eigenvalue weighted by Crippen LogP contribution is -2.41. The highest BCUT2D eigenvalue weighted by Crippen LogP contribution is 2.35. The van der Waals surface area contributed by atoms with E-state index in [0.29, 0.717) is 13.0 Å². The molecule has 3 nitrogen and oxygen atoms in total. The maximum atomic E-state index is 12.1. The van der Waals surface area contributed by atoms with Crippen LogP contribution in [-0.4, -0.2) is 28.6 Å². The van der Waals surface area contributed by atoms with Crippen LogP contribution in [0, 0.1) is 16.7 Å². The minimum atomic E-state index is -0.522. The van der Waals surface area contributed by atoms with Crippen molar-refractivity contribution >= 4 is 27.7 Å². The summed E-state index contributed by atoms with van der Waals surface area (Å²) in [6.45, 7) is 10.6. The highest BCUT2D eigenvalue weighted by Gasteiger charge is 2.45. The Bertz CT molecular complexity index is 331. The highest BCUT2D eigenvalue weighted by atomic mass is 79.9. The smallest absolute Gasteiger partial charge is 0.235 e. The van der Waals surface area contributed by atoms with Crippen LogP contribution in [0.3, 0.4) is 0 Å². The number of nitrogens with zero attached hydrogens (tertiary/aromatic N) is 1. The fraction of sp³-hybridized carbons (Fsp3) is 0.846. The Balaban J connectivity index is 2.82. The van der Waals surface area contributed by atoms with E-state index in [4.69, 9.17) is 0 Å². The fourth-order valence-corrected chi connectivity index (χ4v) is 3.16. The molecule has 0 aromatic rings. The number of hydrogen-bond donors (Lipinski definition) is 0. The first-order chi connectivity index (χ1) is 7.59. The average molecular weight is 304 g/mol. The van der Waals surface area contributed by atoms with Gasteiger partial charge in [0, 0.05) is 18.3 Å². The second-order valence-electron chi connectivity index (χ2n) is 6.59. The van der Waals surface area contributed by atoms with Gasteiger partial charge in [0.25, 0.3) is 0 Å². The van der Waals surface area contributed by atoms with Crippen LogP contribution in [0.15, 0.2) is 0 Å². The second-order valence-corrected chi connectivity index (χ2v) is 7.23. The molecule has 1 aliphatic heterocycles. The third-order valence-corrected chi connectivity index (χ3v) is 4.31. The third-order valence-electron chi connectivity index (χ3n) is 3.53. The zero-order valence-corrected chi connectivity index (χ0v) is 12.9. The van der Waals surface area contributed by atoms with Gasteiger partial charge in [-0.2, -0.15) is 0 Å². The molecule has 0 bridgehead atoms. The summed E-state index contributed by atoms with van der Waals surface area (Å²) in [6.07, 6.45) is 0.338. The van der Waals surface area contributed by atoms with Crippen molar-refractivity contribution in [3.63, 3.8) is 0 Å². The van der Waals surface area contributed by atoms with Gasteiger partial charge < -0.3 is 0 Å². The Morgan fingerprint density at radius 2 is 1.88 bits per heavy atom. The molecule has 1 heterocycles. The molecule has 1 aliphatic rings. The predicted molar refractivity (Wildman–Crippen MR) is 71.9 cm³/mol. The van der Waals surface area contributed by atoms with Crippen LogP contribution in [0.1, 0.15) is 41.0 Å². The second kappa shape index (κ2) is 4.71. The molecular weight excluding hydrogens is 282 g/mol. The first-order valence-corrected chi connectivity index (χ1v) is 7.12. The summed E-state index contributed by atoms with van der Waals surface area (Å²) in [5, 5.41) is 0.800. The molecule has 2 amide bonds. The quantitative estimate of drug-likeness (QED) is 0.594. The molecule has 0 radical (unpaired) electrons. The number of likely N-dealkylation sites (tertiary alicyclic amines) is 1. The van der Waals surface area contributed by atoms with E-state index in [1.807, 2.05) is 13.8 Å². The monoisotopic (exact) mass is 303 g/mol. The number of alkyl halides is 1. The van der Waals surface area contributed by atoms with E-state index >= 15 is 0 Å². The van der Waals surface area contributed by atoms with Gasteiger partial charge in [0.05, 0.1) is 5.41 Å². The number of amides is 2. The van der Waals surface area contributed by atoms with E-state index in [1.165, 1.54) is 4.90 Å². The van der Waals surface area contributed by atoms with Crippen molar-refractivity contribution < 1.29 is 9.59 Å². The van der Waals surface area contributed by atoms with Crippen LogP contribution in [-0.2, 0) is 9.59 Å². The Morgan fingerprint density at radius 3 is 2.18 bits per heavy atom. The van der Waals surface area contributed by atoms with Gasteiger partial charge >= 0.3 is 0 Å². The zero-order chi connectivity index (χ0) is 13.4. The number of halogens is 1. The van der Waals surface area contributed by atoms with Crippen LogP contribution >= 0.6 is 15.9 Å². The molecule has 0 N–H and O–H groups in total. The molecule has 1 atom stereocenters. The predicted octanol–water partition coefficient (Wildman–Crippen LogP) is 2.83. The summed E-state index contributed by atoms with van der Waals surface area (Å²) >= 11 is 3.48. The molecule has 0 aromatic carbocycles. The van der Waals surface area contributed by atoms with Gasteiger partial charge in [-0.3, -0.25) is 14.5 Å². The molecule has 0 aromatic heterocycles. The number of carbonyl (C=O) groups is 2. The molecule has 1 fully saturated rings. The van der Waals surface area contributed by atoms with Gasteiger partial charge in [-0.05, 0) is 11.3 Å². The van der Waals surface area contributed by atoms with Crippen molar-refractivity contribution in [3.8, 4) is 0 Å². The summed E-state index contributed by atoms with van der Waals surface area (Å²) in [7, 11) is 0. The largest absolute Gasteiger partial charge is 0.282 e. The van der Waals surface area contributed by atoms with Crippen molar-refractivity contribution in [1.82, 2.24) is 4.90 Å². The summed E-state index contributed by atoms with van der Waals surface area (Å²) in [6, 6.07) is 0. The lowest BCUT2D eigenvalue weighted by atomic mass is 9.81. The van der Waals surface area contributed by atoms with E-state index in [0.717, 1.165) is 5.33 Å². The molecule has 1 rings (SSSR count). The van der Waals surface area contributed by atoms with Crippen LogP contribution in [0.25, 0.3) is 0 Å². The van der Waals surface area contributed by atoms with E-state index in [1.54, 1.807) is 0 Å². The lowest BCUT2D eigenvalue weighted by molar-refractivity contribution is -0.141. The molecule has 0 aliphatic carbocycles. The van der Waals surface area contributed by atoms with Gasteiger partial charge in [-0.1, -0.05) is 50.5 Å². The normalized spacial score (nSPS) is 22.1. The molecule has 0 spiro atoms. The topological polar surface area (TPSA) is 37.4 Å². The fourth-order valence-electron chi connectivity index (χ4n) is 1.99. The van der Waals surface area contributed by atoms with Crippen LogP contribution < -0.4 is 0 Å². The zero-order valence-electron chi connectivity index (χ0n) is 11.3. The number of imide groups is 1. The highest BCUT2D eigenvalue weighted by molar-refractivity contribution is 9.09. The molecule has 17 heavy (non-hydrogen) atoms. The number of carbonyl (C=O) groups excluding carboxylic acids is 2. The Hall–Kier alpha value is -0.380. The third kappa shape index (κ3) is 3.09. The SMILES string of the molecule is CC1(C)CC(=O)N(CC(CBr)C(C)(C)C)C1=O. The van der Waals surface area contributed by atoms with Gasteiger partial charge in [0.15, 0.2) is 0 Å². The molecule has 4 heteroatoms. The Kier molecular flexibility index (Phi) is 4.07. The van der Waals surface area contributed by atoms with Crippen molar-refractivity contribution in [2.75, 3.05) is 11.9 Å². The van der Waals surface area contributed by atoms with E-state index in [2.05, 4.69) is 36.7 Å². The summed E-state index contributed by atoms with van der Waals surface area (Å²) in [4.78, 5) is 25.4. The van der Waals surface area contributed by atoms with Gasteiger partial charge in [0.2, 0.25) is 11.8 Å². The van der Waals surface area contributed by atoms with Crippen molar-refractivity contribution in [2.24, 2.45) is 16.7 Å². The van der Waals surface area contributed by atoms with E-state index < -0.39 is 5.41 Å². The first-order valence-electron chi connectivity index (χ1n) is 6.00. The Labute approximate surface area is 112 Å². The molecule has 98 valence electrons. The molecular formula is C13H22BrNO2. The minimum absolute atomic E-state index is 0.0299. The van der Waals surface area contributed by atoms with Crippen LogP contribution in [0.2, 0.25) is 0 Å². The van der Waals surface area contributed by atoms with E-state index in [9.17, 15) is 9.59 Å². The Morgan fingerprint density at radius 1 is 1.35 bits per heavy atom. The van der Waals surface area contributed by atoms with Crippen LogP contribution in [0.4, 0.5) is 0 Å². The number of hydrogen-bond acceptors (Lipinski definition) is 2. The number of rotatable bonds is 3. The van der Waals surface area contributed by atoms with Crippen molar-refractivity contribution in [2.45, 2.75) is 41.0 Å².